The zero-order valence-corrected chi connectivity index (χ0v) is 15.0. The maximum absolute atomic E-state index is 14.5. The van der Waals surface area contributed by atoms with Crippen LogP contribution < -0.4 is 5.56 Å². The highest BCUT2D eigenvalue weighted by molar-refractivity contribution is 5.79. The van der Waals surface area contributed by atoms with Crippen LogP contribution in [-0.4, -0.2) is 44.2 Å². The molecular formula is C23H27FN4O3. The summed E-state index contributed by atoms with van der Waals surface area (Å²) < 4.78 is 230. The highest BCUT2D eigenvalue weighted by atomic mass is 19.1. The van der Waals surface area contributed by atoms with E-state index in [2.05, 4.69) is 10.1 Å². The first kappa shape index (κ1) is 6.48. The summed E-state index contributed by atoms with van der Waals surface area (Å²) in [4.78, 5) is 16.4. The second-order valence-corrected chi connectivity index (χ2v) is 5.96. The Labute approximate surface area is 214 Å². The van der Waals surface area contributed by atoms with Gasteiger partial charge in [0.15, 0.2) is 5.58 Å². The van der Waals surface area contributed by atoms with E-state index in [1.165, 1.54) is 0 Å². The molecule has 1 saturated heterocycles. The Bertz CT molecular complexity index is 2200. The summed E-state index contributed by atoms with van der Waals surface area (Å²) in [6.07, 6.45) is -24.1. The van der Waals surface area contributed by atoms with Gasteiger partial charge in [0.1, 0.15) is 17.7 Å². The molecule has 1 N–H and O–H groups in total. The number of rotatable bonds is 4. The van der Waals surface area contributed by atoms with Crippen molar-refractivity contribution in [1.82, 2.24) is 19.6 Å². The number of piperidine rings is 1. The number of aryl methyl sites for hydroxylation is 1. The third-order valence-corrected chi connectivity index (χ3v) is 4.06. The van der Waals surface area contributed by atoms with E-state index >= 15 is 0 Å². The van der Waals surface area contributed by atoms with Crippen LogP contribution in [-0.2, 0) is 12.9 Å². The summed E-state index contributed by atoms with van der Waals surface area (Å²) in [5.41, 5.74) is -8.98. The van der Waals surface area contributed by atoms with Crippen molar-refractivity contribution in [3.8, 4) is 0 Å². The molecule has 1 aromatic carbocycles. The van der Waals surface area contributed by atoms with Gasteiger partial charge in [0.25, 0.3) is 5.56 Å². The van der Waals surface area contributed by atoms with E-state index in [-0.39, 0.29) is 0 Å². The van der Waals surface area contributed by atoms with E-state index in [1.807, 2.05) is 0 Å². The number of aliphatic hydroxyl groups excluding tert-OH is 1. The van der Waals surface area contributed by atoms with Crippen LogP contribution >= 0.6 is 0 Å². The van der Waals surface area contributed by atoms with Crippen LogP contribution in [0.1, 0.15) is 94.5 Å². The second-order valence-electron chi connectivity index (χ2n) is 5.96. The molecule has 4 heterocycles. The summed E-state index contributed by atoms with van der Waals surface area (Å²) in [6.45, 7) is -21.9. The molecule has 1 fully saturated rings. The molecule has 0 aliphatic carbocycles. The van der Waals surface area contributed by atoms with Gasteiger partial charge in [0.2, 0.25) is 0 Å². The van der Waals surface area contributed by atoms with Crippen LogP contribution in [0.25, 0.3) is 11.0 Å². The lowest BCUT2D eigenvalue weighted by atomic mass is 9.91. The number of aromatic nitrogens is 3. The zero-order chi connectivity index (χ0) is 43.7. The van der Waals surface area contributed by atoms with Gasteiger partial charge in [-0.15, -0.1) is 0 Å². The highest BCUT2D eigenvalue weighted by Gasteiger charge is 2.26. The molecule has 2 aliphatic heterocycles. The number of likely N-dealkylation sites (tertiary alicyclic amines) is 1. The molecule has 0 radical (unpaired) electrons. The lowest BCUT2D eigenvalue weighted by Gasteiger charge is -2.31. The maximum atomic E-state index is 14.5. The Morgan fingerprint density at radius 3 is 3.06 bits per heavy atom. The Morgan fingerprint density at radius 1 is 1.42 bits per heavy atom. The fraction of sp³-hybridized carbons (Fsp3) is 0.522. The maximum Gasteiger partial charge on any atom is 0.257 e. The molecule has 0 saturated carbocycles. The summed E-state index contributed by atoms with van der Waals surface area (Å²) in [5, 5.41) is 12.8. The molecule has 164 valence electrons. The molecule has 0 bridgehead atoms. The van der Waals surface area contributed by atoms with Gasteiger partial charge in [-0.3, -0.25) is 9.36 Å². The Kier molecular flexibility index (Phi) is 1.71. The average molecular weight is 452 g/mol. The highest BCUT2D eigenvalue weighted by Crippen LogP contribution is 2.32. The summed E-state index contributed by atoms with van der Waals surface area (Å²) in [5.74, 6) is -7.42. The molecule has 31 heavy (non-hydrogen) atoms. The van der Waals surface area contributed by atoms with Crippen molar-refractivity contribution in [2.75, 3.05) is 19.5 Å². The number of halogens is 1. The normalized spacial score (nSPS) is 45.9. The lowest BCUT2D eigenvalue weighted by molar-refractivity contribution is 0.129. The Balaban J connectivity index is 1.86. The van der Waals surface area contributed by atoms with Crippen molar-refractivity contribution >= 4 is 11.0 Å². The van der Waals surface area contributed by atoms with Gasteiger partial charge in [-0.2, -0.15) is 0 Å². The van der Waals surface area contributed by atoms with Crippen molar-refractivity contribution in [2.45, 2.75) is 57.2 Å². The minimum absolute atomic E-state index is 0.511. The quantitative estimate of drug-likeness (QED) is 0.656. The molecule has 7 nitrogen and oxygen atoms in total. The van der Waals surface area contributed by atoms with Crippen LogP contribution in [0.5, 0.6) is 0 Å². The van der Waals surface area contributed by atoms with Gasteiger partial charge in [0, 0.05) is 71.7 Å². The van der Waals surface area contributed by atoms with Crippen LogP contribution in [0.3, 0.4) is 0 Å². The van der Waals surface area contributed by atoms with Crippen LogP contribution in [0.4, 0.5) is 4.39 Å². The summed E-state index contributed by atoms with van der Waals surface area (Å²) in [6, 6.07) is -4.01. The molecule has 1 unspecified atom stereocenters. The van der Waals surface area contributed by atoms with E-state index in [0.29, 0.717) is 0 Å². The van der Waals surface area contributed by atoms with Gasteiger partial charge in [-0.1, -0.05) is 5.16 Å². The fourth-order valence-corrected chi connectivity index (χ4v) is 2.64. The topological polar surface area (TPSA) is 84.4 Å². The third-order valence-electron chi connectivity index (χ3n) is 4.06. The number of hydrogen-bond acceptors (Lipinski definition) is 6. The molecule has 5 rings (SSSR count). The van der Waals surface area contributed by atoms with Gasteiger partial charge in [-0.05, 0) is 63.8 Å². The standard InChI is InChI=1S/C23H27FN4O3/c1-14-17(23(30)28-9-2-3-19(29)22(28)25-14)8-12-27-10-6-15(7-11-27)21-18-5-4-16(24)13-20(18)31-26-21/h4-5,13,15,19,29H,2-3,6-12H2,1H3/i1D3,2D2,3D2,4D,5D,6D2,7D2,8D2,9D2,10D2,11D2,12D2,13D,15D. The number of nitrogens with zero attached hydrogens (tertiary/aromatic N) is 4. The largest absolute Gasteiger partial charge is 0.385 e. The second kappa shape index (κ2) is 8.16. The predicted octanol–water partition coefficient (Wildman–Crippen LogP) is 3.08. The van der Waals surface area contributed by atoms with Crippen molar-refractivity contribution in [1.29, 1.82) is 0 Å². The number of fused-ring (bicyclic) bond motifs is 2. The molecule has 2 aromatic heterocycles. The minimum Gasteiger partial charge on any atom is -0.385 e. The molecule has 0 spiro atoms. The zero-order valence-electron chi connectivity index (χ0n) is 40.0. The van der Waals surface area contributed by atoms with Crippen molar-refractivity contribution in [3.05, 3.63) is 57.1 Å². The van der Waals surface area contributed by atoms with Crippen molar-refractivity contribution < 1.29 is 48.3 Å². The van der Waals surface area contributed by atoms with Gasteiger partial charge in [-0.25, -0.2) is 9.37 Å². The molecule has 2 aliphatic rings. The number of hydrogen-bond donors (Lipinski definition) is 1. The van der Waals surface area contributed by atoms with Crippen LogP contribution in [0.2, 0.25) is 0 Å². The molecule has 0 amide bonds. The van der Waals surface area contributed by atoms with Crippen molar-refractivity contribution in [2.24, 2.45) is 0 Å². The average Bonchev–Trinajstić information content (AvgIpc) is 3.48. The molecule has 3 aromatic rings. The molecular weight excluding hydrogens is 399 g/mol. The van der Waals surface area contributed by atoms with Crippen LogP contribution in [0, 0.1) is 12.7 Å². The van der Waals surface area contributed by atoms with E-state index in [4.69, 9.17) is 38.8 Å². The third kappa shape index (κ3) is 3.78. The summed E-state index contributed by atoms with van der Waals surface area (Å²) in [7, 11) is 0. The summed E-state index contributed by atoms with van der Waals surface area (Å²) >= 11 is 0. The SMILES string of the molecule is [2H]c1c(F)c([2H])c2onc(C3([2H])C([2H])([2H])C([2H])([2H])N(C([2H])([2H])C([2H])([2H])c4c(C([2H])([2H])[2H])nc5n(c4=O)C([2H])([2H])C([2H])([2H])C([2H])([2H])C5O)C([2H])([2H])C3([2H])[2H])c2c1[2H]. The monoisotopic (exact) mass is 451 g/mol. The van der Waals surface area contributed by atoms with Gasteiger partial charge >= 0.3 is 0 Å². The Morgan fingerprint density at radius 2 is 2.26 bits per heavy atom. The number of aliphatic hydroxyl groups is 1. The first-order valence-corrected chi connectivity index (χ1v) is 8.38. The first-order chi connectivity index (χ1) is 24.7. The number of benzene rings is 1. The van der Waals surface area contributed by atoms with E-state index in [0.717, 1.165) is 0 Å². The van der Waals surface area contributed by atoms with E-state index in [9.17, 15) is 14.3 Å². The lowest BCUT2D eigenvalue weighted by Crippen LogP contribution is -2.37. The first-order valence-electron chi connectivity index (χ1n) is 20.9. The van der Waals surface area contributed by atoms with E-state index in [1.54, 1.807) is 0 Å². The molecule has 8 heteroatoms. The van der Waals surface area contributed by atoms with Crippen molar-refractivity contribution in [3.63, 3.8) is 0 Å². The van der Waals surface area contributed by atoms with Gasteiger partial charge in [0.05, 0.1) is 9.81 Å². The smallest absolute Gasteiger partial charge is 0.257 e. The fourth-order valence-electron chi connectivity index (χ4n) is 2.64. The minimum atomic E-state index is -4.77. The Hall–Kier alpha value is -2.58. The predicted molar refractivity (Wildman–Crippen MR) is 114 cm³/mol. The molecule has 1 atom stereocenters. The van der Waals surface area contributed by atoms with Crippen LogP contribution in [0.15, 0.2) is 27.4 Å². The van der Waals surface area contributed by atoms with E-state index < -0.39 is 149 Å². The van der Waals surface area contributed by atoms with Gasteiger partial charge < -0.3 is 14.5 Å².